The van der Waals surface area contributed by atoms with Gasteiger partial charge in [-0.15, -0.1) is 0 Å². The molecule has 2 nitrogen and oxygen atoms in total. The molecule has 0 saturated heterocycles. The molecule has 2 aliphatic rings. The van der Waals surface area contributed by atoms with Crippen LogP contribution in [0, 0.1) is 0 Å². The molecule has 0 saturated carbocycles. The van der Waals surface area contributed by atoms with Gasteiger partial charge in [-0.25, -0.2) is 4.98 Å². The summed E-state index contributed by atoms with van der Waals surface area (Å²) in [5, 5.41) is 7.72. The van der Waals surface area contributed by atoms with Gasteiger partial charge in [0.1, 0.15) is 5.82 Å². The van der Waals surface area contributed by atoms with Crippen molar-refractivity contribution in [1.82, 2.24) is 9.55 Å². The quantitative estimate of drug-likeness (QED) is 0.165. The Labute approximate surface area is 335 Å². The summed E-state index contributed by atoms with van der Waals surface area (Å²) in [4.78, 5) is 5.39. The summed E-state index contributed by atoms with van der Waals surface area (Å²) in [6.07, 6.45) is 0. The zero-order valence-electron chi connectivity index (χ0n) is 31.5. The summed E-state index contributed by atoms with van der Waals surface area (Å²) in [7, 11) is 0. The maximum Gasteiger partial charge on any atom is 0.145 e. The normalized spacial score (nSPS) is 13.3. The van der Waals surface area contributed by atoms with E-state index in [1.165, 1.54) is 82.4 Å². The maximum absolute atomic E-state index is 5.39. The van der Waals surface area contributed by atoms with E-state index in [0.29, 0.717) is 0 Å². The summed E-state index contributed by atoms with van der Waals surface area (Å²) in [5.41, 5.74) is 16.8. The largest absolute Gasteiger partial charge is 0.292 e. The van der Waals surface area contributed by atoms with E-state index in [-0.39, 0.29) is 0 Å². The number of hydrogen-bond acceptors (Lipinski definition) is 1. The van der Waals surface area contributed by atoms with E-state index >= 15 is 0 Å². The van der Waals surface area contributed by atoms with Crippen LogP contribution < -0.4 is 0 Å². The molecule has 268 valence electrons. The van der Waals surface area contributed by atoms with Gasteiger partial charge in [0.2, 0.25) is 0 Å². The van der Waals surface area contributed by atoms with Crippen LogP contribution in [0.3, 0.4) is 0 Å². The molecule has 0 amide bonds. The number of imidazole rings is 1. The van der Waals surface area contributed by atoms with E-state index in [4.69, 9.17) is 4.98 Å². The van der Waals surface area contributed by atoms with Gasteiger partial charge in [0, 0.05) is 11.3 Å². The van der Waals surface area contributed by atoms with Crippen LogP contribution >= 0.6 is 0 Å². The minimum atomic E-state index is -0.528. The minimum absolute atomic E-state index is 0.528. The van der Waals surface area contributed by atoms with Gasteiger partial charge in [-0.05, 0) is 118 Å². The fourth-order valence-corrected chi connectivity index (χ4v) is 10.8. The molecule has 2 aliphatic carbocycles. The van der Waals surface area contributed by atoms with Crippen LogP contribution in [-0.2, 0) is 5.41 Å². The molecule has 2 heteroatoms. The summed E-state index contributed by atoms with van der Waals surface area (Å²) in [6, 6.07) is 76.1. The molecule has 10 aromatic carbocycles. The van der Waals surface area contributed by atoms with E-state index in [9.17, 15) is 0 Å². The number of aromatic nitrogens is 2. The number of hydrogen-bond donors (Lipinski definition) is 0. The van der Waals surface area contributed by atoms with Crippen LogP contribution in [-0.4, -0.2) is 9.55 Å². The van der Waals surface area contributed by atoms with E-state index in [2.05, 4.69) is 211 Å². The minimum Gasteiger partial charge on any atom is -0.292 e. The fourth-order valence-electron chi connectivity index (χ4n) is 10.8. The first-order valence-corrected chi connectivity index (χ1v) is 20.1. The van der Waals surface area contributed by atoms with Crippen LogP contribution in [0.1, 0.15) is 22.3 Å². The molecule has 0 bridgehead atoms. The molecule has 0 fully saturated rings. The lowest BCUT2D eigenvalue weighted by Crippen LogP contribution is -2.26. The van der Waals surface area contributed by atoms with E-state index in [1.807, 2.05) is 0 Å². The van der Waals surface area contributed by atoms with Gasteiger partial charge < -0.3 is 0 Å². The van der Waals surface area contributed by atoms with E-state index in [0.717, 1.165) is 33.7 Å². The monoisotopic (exact) mass is 734 g/mol. The molecule has 1 heterocycles. The summed E-state index contributed by atoms with van der Waals surface area (Å²) in [5.74, 6) is 0.935. The van der Waals surface area contributed by atoms with Crippen molar-refractivity contribution in [2.75, 3.05) is 0 Å². The van der Waals surface area contributed by atoms with Crippen molar-refractivity contribution >= 4 is 43.4 Å². The Hall–Kier alpha value is -7.55. The van der Waals surface area contributed by atoms with Crippen molar-refractivity contribution in [3.05, 3.63) is 229 Å². The summed E-state index contributed by atoms with van der Waals surface area (Å²) >= 11 is 0. The summed E-state index contributed by atoms with van der Waals surface area (Å²) in [6.45, 7) is 0. The van der Waals surface area contributed by atoms with Crippen LogP contribution in [0.4, 0.5) is 0 Å². The third kappa shape index (κ3) is 4.03. The lowest BCUT2D eigenvalue weighted by Gasteiger charge is -2.32. The van der Waals surface area contributed by atoms with Gasteiger partial charge in [-0.2, -0.15) is 0 Å². The van der Waals surface area contributed by atoms with Crippen molar-refractivity contribution in [2.45, 2.75) is 5.41 Å². The Morgan fingerprint density at radius 2 is 0.897 bits per heavy atom. The zero-order chi connectivity index (χ0) is 38.0. The first-order chi connectivity index (χ1) is 28.8. The first kappa shape index (κ1) is 31.6. The molecule has 0 N–H and O–H groups in total. The first-order valence-electron chi connectivity index (χ1n) is 20.1. The highest BCUT2D eigenvalue weighted by Gasteiger charge is 2.53. The zero-order valence-corrected chi connectivity index (χ0v) is 31.5. The molecule has 1 spiro atoms. The topological polar surface area (TPSA) is 17.8 Å². The lowest BCUT2D eigenvalue weighted by atomic mass is 9.68. The number of rotatable bonds is 3. The predicted molar refractivity (Wildman–Crippen MR) is 241 cm³/mol. The second-order valence-electron chi connectivity index (χ2n) is 15.8. The Kier molecular flexibility index (Phi) is 6.40. The SMILES string of the molecule is c1ccc(-c2nc3cc(-c4cc5c(c6ccccc46)-c4c(c6ccccc6c6ccccc46)C54c5ccccc5-c5ccccc54)ccc3n2-c2ccccc2)cc1. The van der Waals surface area contributed by atoms with Crippen LogP contribution in [0.5, 0.6) is 0 Å². The van der Waals surface area contributed by atoms with E-state index in [1.54, 1.807) is 0 Å². The van der Waals surface area contributed by atoms with Crippen LogP contribution in [0.2, 0.25) is 0 Å². The van der Waals surface area contributed by atoms with Crippen LogP contribution in [0.25, 0.3) is 93.8 Å². The Morgan fingerprint density at radius 3 is 1.59 bits per heavy atom. The van der Waals surface area contributed by atoms with Crippen molar-refractivity contribution in [3.8, 4) is 50.5 Å². The Bertz CT molecular complexity index is 3460. The highest BCUT2D eigenvalue weighted by Crippen LogP contribution is 2.67. The molecule has 13 rings (SSSR count). The maximum atomic E-state index is 5.39. The second-order valence-corrected chi connectivity index (χ2v) is 15.8. The molecule has 11 aromatic rings. The molecular weight excluding hydrogens is 701 g/mol. The number of para-hydroxylation sites is 1. The number of fused-ring (bicyclic) bond motifs is 18. The third-order valence-electron chi connectivity index (χ3n) is 13.0. The molecular formula is C56H34N2. The van der Waals surface area contributed by atoms with Crippen molar-refractivity contribution in [3.63, 3.8) is 0 Å². The number of benzene rings is 10. The van der Waals surface area contributed by atoms with Crippen molar-refractivity contribution in [2.24, 2.45) is 0 Å². The molecule has 1 aromatic heterocycles. The van der Waals surface area contributed by atoms with Gasteiger partial charge >= 0.3 is 0 Å². The lowest BCUT2D eigenvalue weighted by molar-refractivity contribution is 0.803. The highest BCUT2D eigenvalue weighted by molar-refractivity contribution is 6.24. The second kappa shape index (κ2) is 11.7. The smallest absolute Gasteiger partial charge is 0.145 e. The van der Waals surface area contributed by atoms with Crippen LogP contribution in [0.15, 0.2) is 206 Å². The third-order valence-corrected chi connectivity index (χ3v) is 13.0. The van der Waals surface area contributed by atoms with Gasteiger partial charge in [-0.3, -0.25) is 4.57 Å². The predicted octanol–water partition coefficient (Wildman–Crippen LogP) is 14.2. The molecule has 0 radical (unpaired) electrons. The fraction of sp³-hybridized carbons (Fsp3) is 0.0179. The number of nitrogens with zero attached hydrogens (tertiary/aromatic N) is 2. The Balaban J connectivity index is 1.18. The average Bonchev–Trinajstić information content (AvgIpc) is 3.94. The van der Waals surface area contributed by atoms with Gasteiger partial charge in [-0.1, -0.05) is 176 Å². The standard InChI is InChI=1S/C56H34N2/c1-3-17-35(18-4-1)55-57-50-33-36(31-32-51(50)58(55)37-19-5-2-6-20-37)46-34-49-52(43-26-10-8-23-40(43)46)53-44-27-11-7-21-38(44)39-22-9-12-28-45(39)54(53)56(49)47-29-15-13-24-41(47)42-25-14-16-30-48(42)56/h1-34H. The molecule has 58 heavy (non-hydrogen) atoms. The average molecular weight is 735 g/mol. The van der Waals surface area contributed by atoms with Gasteiger partial charge in [0.15, 0.2) is 0 Å². The Morgan fingerprint density at radius 1 is 0.362 bits per heavy atom. The highest BCUT2D eigenvalue weighted by atomic mass is 15.1. The molecule has 0 atom stereocenters. The van der Waals surface area contributed by atoms with E-state index < -0.39 is 5.41 Å². The molecule has 0 aliphatic heterocycles. The van der Waals surface area contributed by atoms with Crippen molar-refractivity contribution < 1.29 is 0 Å². The van der Waals surface area contributed by atoms with Gasteiger partial charge in [0.25, 0.3) is 0 Å². The van der Waals surface area contributed by atoms with Gasteiger partial charge in [0.05, 0.1) is 16.4 Å². The molecule has 0 unspecified atom stereocenters. The summed E-state index contributed by atoms with van der Waals surface area (Å²) < 4.78 is 2.30. The van der Waals surface area contributed by atoms with Crippen molar-refractivity contribution in [1.29, 1.82) is 0 Å².